The van der Waals surface area contributed by atoms with Gasteiger partial charge in [0.25, 0.3) is 0 Å². The van der Waals surface area contributed by atoms with Crippen LogP contribution in [-0.4, -0.2) is 20.9 Å². The Labute approximate surface area is 144 Å². The lowest BCUT2D eigenvalue weighted by atomic mass is 10.2. The van der Waals surface area contributed by atoms with Crippen molar-refractivity contribution in [2.45, 2.75) is 20.8 Å². The molecule has 6 nitrogen and oxygen atoms in total. The van der Waals surface area contributed by atoms with Gasteiger partial charge < -0.3 is 10.6 Å². The van der Waals surface area contributed by atoms with Crippen molar-refractivity contribution in [2.75, 3.05) is 10.6 Å². The van der Waals surface area contributed by atoms with Gasteiger partial charge in [0.1, 0.15) is 0 Å². The molecule has 7 heteroatoms. The average molecular weight is 339 g/mol. The van der Waals surface area contributed by atoms with E-state index in [1.807, 2.05) is 44.2 Å². The van der Waals surface area contributed by atoms with Crippen molar-refractivity contribution in [1.29, 1.82) is 0 Å². The van der Waals surface area contributed by atoms with E-state index in [-0.39, 0.29) is 5.91 Å². The molecule has 1 aromatic carbocycles. The third-order valence-corrected chi connectivity index (χ3v) is 4.35. The molecule has 0 radical (unpaired) electrons. The molecule has 2 heterocycles. The Morgan fingerprint density at radius 2 is 1.75 bits per heavy atom. The number of carbonyl (C=O) groups is 1. The summed E-state index contributed by atoms with van der Waals surface area (Å²) in [6.07, 6.45) is 1.73. The van der Waals surface area contributed by atoms with E-state index in [4.69, 9.17) is 0 Å². The molecular formula is C17H17N5OS. The van der Waals surface area contributed by atoms with Crippen LogP contribution in [0.5, 0.6) is 0 Å². The van der Waals surface area contributed by atoms with Gasteiger partial charge >= 0.3 is 0 Å². The Kier molecular flexibility index (Phi) is 4.52. The van der Waals surface area contributed by atoms with Crippen molar-refractivity contribution in [3.8, 4) is 10.6 Å². The largest absolute Gasteiger partial charge is 0.326 e. The minimum atomic E-state index is -0.0954. The molecule has 0 saturated carbocycles. The molecule has 0 bridgehead atoms. The van der Waals surface area contributed by atoms with E-state index >= 15 is 0 Å². The standard InChI is InChI=1S/C17H17N5OS/c1-10-16(24-12(3)19-10)15-8-9-18-17(22-15)21-14-6-4-13(5-7-14)20-11(2)23/h4-9H,1-3H3,(H,20,23)(H,18,21,22). The Morgan fingerprint density at radius 3 is 2.38 bits per heavy atom. The van der Waals surface area contributed by atoms with Crippen molar-refractivity contribution in [2.24, 2.45) is 0 Å². The number of nitrogens with one attached hydrogen (secondary N) is 2. The van der Waals surface area contributed by atoms with E-state index in [0.717, 1.165) is 32.6 Å². The van der Waals surface area contributed by atoms with Gasteiger partial charge in [0.05, 0.1) is 21.3 Å². The molecule has 1 amide bonds. The Balaban J connectivity index is 1.79. The number of hydrogen-bond acceptors (Lipinski definition) is 6. The second kappa shape index (κ2) is 6.76. The average Bonchev–Trinajstić information content (AvgIpc) is 2.88. The molecule has 122 valence electrons. The number of anilines is 3. The molecule has 0 spiro atoms. The van der Waals surface area contributed by atoms with Gasteiger partial charge in [-0.1, -0.05) is 0 Å². The fourth-order valence-corrected chi connectivity index (χ4v) is 3.17. The molecule has 2 N–H and O–H groups in total. The molecule has 0 saturated heterocycles. The maximum Gasteiger partial charge on any atom is 0.227 e. The summed E-state index contributed by atoms with van der Waals surface area (Å²) in [4.78, 5) is 25.4. The topological polar surface area (TPSA) is 79.8 Å². The Hall–Kier alpha value is -2.80. The van der Waals surface area contributed by atoms with Gasteiger partial charge in [-0.05, 0) is 44.2 Å². The molecule has 0 aliphatic rings. The fraction of sp³-hybridized carbons (Fsp3) is 0.176. The number of aryl methyl sites for hydroxylation is 2. The zero-order valence-corrected chi connectivity index (χ0v) is 14.4. The summed E-state index contributed by atoms with van der Waals surface area (Å²) in [5, 5.41) is 6.92. The molecule has 0 atom stereocenters. The first-order chi connectivity index (χ1) is 11.5. The number of nitrogens with zero attached hydrogens (tertiary/aromatic N) is 3. The number of carbonyl (C=O) groups excluding carboxylic acids is 1. The van der Waals surface area contributed by atoms with Crippen molar-refractivity contribution in [3.05, 3.63) is 47.2 Å². The second-order valence-corrected chi connectivity index (χ2v) is 6.50. The molecule has 24 heavy (non-hydrogen) atoms. The number of rotatable bonds is 4. The highest BCUT2D eigenvalue weighted by atomic mass is 32.1. The molecule has 3 rings (SSSR count). The summed E-state index contributed by atoms with van der Waals surface area (Å²) in [7, 11) is 0. The highest BCUT2D eigenvalue weighted by Gasteiger charge is 2.10. The first-order valence-electron chi connectivity index (χ1n) is 7.43. The predicted molar refractivity (Wildman–Crippen MR) is 96.6 cm³/mol. The van der Waals surface area contributed by atoms with Gasteiger partial charge in [-0.25, -0.2) is 15.0 Å². The van der Waals surface area contributed by atoms with Crippen LogP contribution >= 0.6 is 11.3 Å². The van der Waals surface area contributed by atoms with Crippen LogP contribution in [0.1, 0.15) is 17.6 Å². The summed E-state index contributed by atoms with van der Waals surface area (Å²) in [5.41, 5.74) is 3.42. The van der Waals surface area contributed by atoms with Crippen LogP contribution in [0.2, 0.25) is 0 Å². The van der Waals surface area contributed by atoms with E-state index in [1.54, 1.807) is 17.5 Å². The maximum atomic E-state index is 11.0. The number of aromatic nitrogens is 3. The van der Waals surface area contributed by atoms with E-state index in [1.165, 1.54) is 6.92 Å². The predicted octanol–water partition coefficient (Wildman–Crippen LogP) is 3.92. The Morgan fingerprint density at radius 1 is 1.04 bits per heavy atom. The van der Waals surface area contributed by atoms with Crippen molar-refractivity contribution in [3.63, 3.8) is 0 Å². The summed E-state index contributed by atoms with van der Waals surface area (Å²) >= 11 is 1.62. The summed E-state index contributed by atoms with van der Waals surface area (Å²) in [5.74, 6) is 0.423. The zero-order chi connectivity index (χ0) is 17.1. The van der Waals surface area contributed by atoms with E-state index < -0.39 is 0 Å². The molecule has 0 unspecified atom stereocenters. The van der Waals surface area contributed by atoms with Crippen LogP contribution in [0, 0.1) is 13.8 Å². The normalized spacial score (nSPS) is 10.5. The third kappa shape index (κ3) is 3.75. The monoisotopic (exact) mass is 339 g/mol. The van der Waals surface area contributed by atoms with Gasteiger partial charge in [-0.15, -0.1) is 11.3 Å². The minimum absolute atomic E-state index is 0.0954. The summed E-state index contributed by atoms with van der Waals surface area (Å²) in [6, 6.07) is 9.26. The van der Waals surface area contributed by atoms with Crippen LogP contribution in [-0.2, 0) is 4.79 Å². The van der Waals surface area contributed by atoms with Crippen LogP contribution in [0.3, 0.4) is 0 Å². The Bertz CT molecular complexity index is 873. The van der Waals surface area contributed by atoms with Crippen LogP contribution in [0.4, 0.5) is 17.3 Å². The third-order valence-electron chi connectivity index (χ3n) is 3.25. The summed E-state index contributed by atoms with van der Waals surface area (Å²) < 4.78 is 0. The molecule has 2 aromatic heterocycles. The minimum Gasteiger partial charge on any atom is -0.326 e. The molecular weight excluding hydrogens is 322 g/mol. The molecule has 3 aromatic rings. The van der Waals surface area contributed by atoms with Gasteiger partial charge in [-0.3, -0.25) is 4.79 Å². The second-order valence-electron chi connectivity index (χ2n) is 5.30. The van der Waals surface area contributed by atoms with E-state index in [2.05, 4.69) is 25.6 Å². The lowest BCUT2D eigenvalue weighted by Crippen LogP contribution is -2.05. The van der Waals surface area contributed by atoms with Crippen molar-refractivity contribution >= 4 is 34.6 Å². The van der Waals surface area contributed by atoms with Gasteiger partial charge in [0, 0.05) is 24.5 Å². The highest BCUT2D eigenvalue weighted by Crippen LogP contribution is 2.28. The zero-order valence-electron chi connectivity index (χ0n) is 13.6. The molecule has 0 fully saturated rings. The number of amides is 1. The van der Waals surface area contributed by atoms with Crippen LogP contribution in [0.25, 0.3) is 10.6 Å². The van der Waals surface area contributed by atoms with E-state index in [0.29, 0.717) is 5.95 Å². The fourth-order valence-electron chi connectivity index (χ4n) is 2.28. The SMILES string of the molecule is CC(=O)Nc1ccc(Nc2nccc(-c3sc(C)nc3C)n2)cc1. The van der Waals surface area contributed by atoms with Crippen molar-refractivity contribution < 1.29 is 4.79 Å². The quantitative estimate of drug-likeness (QED) is 0.753. The molecule has 0 aliphatic carbocycles. The first-order valence-corrected chi connectivity index (χ1v) is 8.25. The number of hydrogen-bond donors (Lipinski definition) is 2. The van der Waals surface area contributed by atoms with Gasteiger partial charge in [-0.2, -0.15) is 0 Å². The first kappa shape index (κ1) is 16.1. The van der Waals surface area contributed by atoms with E-state index in [9.17, 15) is 4.79 Å². The van der Waals surface area contributed by atoms with Gasteiger partial charge in [0.15, 0.2) is 0 Å². The van der Waals surface area contributed by atoms with Crippen LogP contribution in [0.15, 0.2) is 36.5 Å². The lowest BCUT2D eigenvalue weighted by Gasteiger charge is -2.07. The maximum absolute atomic E-state index is 11.0. The smallest absolute Gasteiger partial charge is 0.227 e. The summed E-state index contributed by atoms with van der Waals surface area (Å²) in [6.45, 7) is 5.45. The molecule has 0 aliphatic heterocycles. The highest BCUT2D eigenvalue weighted by molar-refractivity contribution is 7.15. The number of benzene rings is 1. The van der Waals surface area contributed by atoms with Gasteiger partial charge in [0.2, 0.25) is 11.9 Å². The lowest BCUT2D eigenvalue weighted by molar-refractivity contribution is -0.114. The number of thiazole rings is 1. The van der Waals surface area contributed by atoms with Crippen LogP contribution < -0.4 is 10.6 Å². The van der Waals surface area contributed by atoms with Crippen molar-refractivity contribution in [1.82, 2.24) is 15.0 Å².